The third-order valence-corrected chi connectivity index (χ3v) is 3.29. The summed E-state index contributed by atoms with van der Waals surface area (Å²) in [6.45, 7) is 2.62. The molecule has 1 fully saturated rings. The first kappa shape index (κ1) is 12.3. The fraction of sp³-hybridized carbons (Fsp3) is 0.615. The molecule has 2 rings (SSSR count). The minimum absolute atomic E-state index is 0.557. The maximum absolute atomic E-state index is 5.39. The molecule has 1 saturated heterocycles. The van der Waals surface area contributed by atoms with Crippen molar-refractivity contribution in [3.63, 3.8) is 0 Å². The highest BCUT2D eigenvalue weighted by Crippen LogP contribution is 2.19. The van der Waals surface area contributed by atoms with E-state index >= 15 is 0 Å². The van der Waals surface area contributed by atoms with Crippen molar-refractivity contribution >= 4 is 5.82 Å². The van der Waals surface area contributed by atoms with Gasteiger partial charge in [0.15, 0.2) is 0 Å². The number of hydrogen-bond donors (Lipinski definition) is 1. The van der Waals surface area contributed by atoms with Gasteiger partial charge in [0.2, 0.25) is 0 Å². The molecule has 0 aliphatic carbocycles. The highest BCUT2D eigenvalue weighted by Gasteiger charge is 2.19. The first-order valence-corrected chi connectivity index (χ1v) is 6.21. The maximum Gasteiger partial charge on any atom is 0.128 e. The van der Waals surface area contributed by atoms with Gasteiger partial charge in [-0.15, -0.1) is 0 Å². The number of anilines is 1. The number of ether oxygens (including phenoxy) is 1. The van der Waals surface area contributed by atoms with E-state index in [1.54, 1.807) is 0 Å². The molecular weight excluding hydrogens is 214 g/mol. The smallest absolute Gasteiger partial charge is 0.128 e. The SMILES string of the molecule is CNCc1ccnc(N(C)C2CCOCC2)c1. The van der Waals surface area contributed by atoms with Gasteiger partial charge in [0.25, 0.3) is 0 Å². The first-order valence-electron chi connectivity index (χ1n) is 6.21. The molecule has 1 aliphatic heterocycles. The molecule has 0 bridgehead atoms. The minimum Gasteiger partial charge on any atom is -0.381 e. The van der Waals surface area contributed by atoms with Crippen LogP contribution in [0, 0.1) is 0 Å². The van der Waals surface area contributed by atoms with E-state index in [0.29, 0.717) is 6.04 Å². The summed E-state index contributed by atoms with van der Waals surface area (Å²) < 4.78 is 5.39. The van der Waals surface area contributed by atoms with E-state index in [2.05, 4.69) is 34.4 Å². The number of pyridine rings is 1. The Hall–Kier alpha value is -1.13. The minimum atomic E-state index is 0.557. The molecule has 94 valence electrons. The van der Waals surface area contributed by atoms with E-state index in [-0.39, 0.29) is 0 Å². The van der Waals surface area contributed by atoms with Crippen molar-refractivity contribution < 1.29 is 4.74 Å². The van der Waals surface area contributed by atoms with Crippen molar-refractivity contribution in [1.29, 1.82) is 0 Å². The highest BCUT2D eigenvalue weighted by atomic mass is 16.5. The van der Waals surface area contributed by atoms with E-state index < -0.39 is 0 Å². The zero-order chi connectivity index (χ0) is 12.1. The molecule has 4 heteroatoms. The summed E-state index contributed by atoms with van der Waals surface area (Å²) in [5, 5.41) is 3.16. The third kappa shape index (κ3) is 3.17. The van der Waals surface area contributed by atoms with Gasteiger partial charge in [-0.3, -0.25) is 0 Å². The zero-order valence-corrected chi connectivity index (χ0v) is 10.6. The molecule has 0 radical (unpaired) electrons. The molecule has 0 amide bonds. The van der Waals surface area contributed by atoms with E-state index in [1.807, 2.05) is 13.2 Å². The van der Waals surface area contributed by atoms with Crippen LogP contribution < -0.4 is 10.2 Å². The Bertz CT molecular complexity index is 350. The second kappa shape index (κ2) is 5.98. The standard InChI is InChI=1S/C13H21N3O/c1-14-10-11-3-6-15-13(9-11)16(2)12-4-7-17-8-5-12/h3,6,9,12,14H,4-5,7-8,10H2,1-2H3. The van der Waals surface area contributed by atoms with Gasteiger partial charge >= 0.3 is 0 Å². The molecule has 0 atom stereocenters. The number of hydrogen-bond acceptors (Lipinski definition) is 4. The molecular formula is C13H21N3O. The van der Waals surface area contributed by atoms with Crippen LogP contribution in [0.2, 0.25) is 0 Å². The third-order valence-electron chi connectivity index (χ3n) is 3.29. The van der Waals surface area contributed by atoms with Crippen molar-refractivity contribution in [2.45, 2.75) is 25.4 Å². The topological polar surface area (TPSA) is 37.4 Å². The second-order valence-electron chi connectivity index (χ2n) is 4.51. The average molecular weight is 235 g/mol. The maximum atomic E-state index is 5.39. The van der Waals surface area contributed by atoms with Crippen LogP contribution in [0.4, 0.5) is 5.82 Å². The zero-order valence-electron chi connectivity index (χ0n) is 10.6. The van der Waals surface area contributed by atoms with Crippen molar-refractivity contribution in [1.82, 2.24) is 10.3 Å². The molecule has 0 saturated carbocycles. The summed E-state index contributed by atoms with van der Waals surface area (Å²) >= 11 is 0. The molecule has 2 heterocycles. The van der Waals surface area contributed by atoms with Crippen LogP contribution in [0.5, 0.6) is 0 Å². The van der Waals surface area contributed by atoms with Gasteiger partial charge in [0.1, 0.15) is 5.82 Å². The lowest BCUT2D eigenvalue weighted by Crippen LogP contribution is -2.37. The molecule has 0 unspecified atom stereocenters. The largest absolute Gasteiger partial charge is 0.381 e. The predicted octanol–water partition coefficient (Wildman–Crippen LogP) is 1.42. The van der Waals surface area contributed by atoms with E-state index in [1.165, 1.54) is 5.56 Å². The molecule has 1 aromatic rings. The highest BCUT2D eigenvalue weighted by molar-refractivity contribution is 5.41. The number of nitrogens with one attached hydrogen (secondary N) is 1. The van der Waals surface area contributed by atoms with Crippen LogP contribution >= 0.6 is 0 Å². The fourth-order valence-corrected chi connectivity index (χ4v) is 2.23. The van der Waals surface area contributed by atoms with Gasteiger partial charge in [0.05, 0.1) is 0 Å². The van der Waals surface area contributed by atoms with Gasteiger partial charge in [-0.25, -0.2) is 4.98 Å². The molecule has 0 spiro atoms. The Morgan fingerprint density at radius 1 is 1.47 bits per heavy atom. The number of rotatable bonds is 4. The quantitative estimate of drug-likeness (QED) is 0.856. The normalized spacial score (nSPS) is 17.1. The summed E-state index contributed by atoms with van der Waals surface area (Å²) in [4.78, 5) is 6.73. The van der Waals surface area contributed by atoms with Crippen molar-refractivity contribution in [2.24, 2.45) is 0 Å². The van der Waals surface area contributed by atoms with E-state index in [4.69, 9.17) is 4.74 Å². The Balaban J connectivity index is 2.06. The molecule has 1 N–H and O–H groups in total. The van der Waals surface area contributed by atoms with E-state index in [9.17, 15) is 0 Å². The fourth-order valence-electron chi connectivity index (χ4n) is 2.23. The van der Waals surface area contributed by atoms with Gasteiger partial charge in [-0.1, -0.05) is 0 Å². The molecule has 4 nitrogen and oxygen atoms in total. The lowest BCUT2D eigenvalue weighted by molar-refractivity contribution is 0.0853. The lowest BCUT2D eigenvalue weighted by atomic mass is 10.1. The molecule has 0 aromatic carbocycles. The average Bonchev–Trinajstić information content (AvgIpc) is 2.40. The molecule has 1 aliphatic rings. The monoisotopic (exact) mass is 235 g/mol. The van der Waals surface area contributed by atoms with Gasteiger partial charge in [0, 0.05) is 39.0 Å². The lowest BCUT2D eigenvalue weighted by Gasteiger charge is -2.32. The van der Waals surface area contributed by atoms with Crippen LogP contribution in [0.1, 0.15) is 18.4 Å². The Labute approximate surface area is 103 Å². The summed E-state index contributed by atoms with van der Waals surface area (Å²) in [6.07, 6.45) is 4.07. The number of aromatic nitrogens is 1. The van der Waals surface area contributed by atoms with Gasteiger partial charge in [-0.05, 0) is 37.6 Å². The Morgan fingerprint density at radius 2 is 2.24 bits per heavy atom. The summed E-state index contributed by atoms with van der Waals surface area (Å²) in [6, 6.07) is 4.77. The van der Waals surface area contributed by atoms with E-state index in [0.717, 1.165) is 38.4 Å². The second-order valence-corrected chi connectivity index (χ2v) is 4.51. The van der Waals surface area contributed by atoms with Crippen molar-refractivity contribution in [3.05, 3.63) is 23.9 Å². The Kier molecular flexibility index (Phi) is 4.34. The van der Waals surface area contributed by atoms with Crippen LogP contribution in [0.15, 0.2) is 18.3 Å². The van der Waals surface area contributed by atoms with Crippen LogP contribution in [-0.2, 0) is 11.3 Å². The van der Waals surface area contributed by atoms with Crippen molar-refractivity contribution in [3.8, 4) is 0 Å². The Morgan fingerprint density at radius 3 is 2.94 bits per heavy atom. The van der Waals surface area contributed by atoms with Crippen LogP contribution in [0.3, 0.4) is 0 Å². The van der Waals surface area contributed by atoms with Gasteiger partial charge in [-0.2, -0.15) is 0 Å². The summed E-state index contributed by atoms with van der Waals surface area (Å²) in [5.41, 5.74) is 1.27. The summed E-state index contributed by atoms with van der Waals surface area (Å²) in [5.74, 6) is 1.06. The first-order chi connectivity index (χ1) is 8.31. The van der Waals surface area contributed by atoms with Crippen molar-refractivity contribution in [2.75, 3.05) is 32.2 Å². The predicted molar refractivity (Wildman–Crippen MR) is 69.2 cm³/mol. The molecule has 17 heavy (non-hydrogen) atoms. The molecule has 1 aromatic heterocycles. The summed E-state index contributed by atoms with van der Waals surface area (Å²) in [7, 11) is 4.09. The van der Waals surface area contributed by atoms with Crippen LogP contribution in [0.25, 0.3) is 0 Å². The number of nitrogens with zero attached hydrogens (tertiary/aromatic N) is 2. The van der Waals surface area contributed by atoms with Crippen LogP contribution in [-0.4, -0.2) is 38.3 Å². The van der Waals surface area contributed by atoms with Gasteiger partial charge < -0.3 is 15.0 Å².